The summed E-state index contributed by atoms with van der Waals surface area (Å²) in [5.41, 5.74) is 0.999. The maximum absolute atomic E-state index is 12.6. The molecule has 2 aromatic rings. The van der Waals surface area contributed by atoms with Crippen molar-refractivity contribution >= 4 is 41.2 Å². The molecule has 3 rings (SSSR count). The van der Waals surface area contributed by atoms with Gasteiger partial charge in [0.05, 0.1) is 22.2 Å². The molecule has 0 aliphatic carbocycles. The van der Waals surface area contributed by atoms with Gasteiger partial charge in [-0.15, -0.1) is 23.7 Å². The highest BCUT2D eigenvalue weighted by atomic mass is 35.5. The van der Waals surface area contributed by atoms with E-state index >= 15 is 0 Å². The molecule has 1 aromatic carbocycles. The molecule has 1 fully saturated rings. The fourth-order valence-electron chi connectivity index (χ4n) is 2.88. The quantitative estimate of drug-likeness (QED) is 0.720. The van der Waals surface area contributed by atoms with Crippen LogP contribution in [0.1, 0.15) is 20.0 Å². The smallest absolute Gasteiger partial charge is 0.268 e. The zero-order valence-corrected chi connectivity index (χ0v) is 16.0. The van der Waals surface area contributed by atoms with Gasteiger partial charge >= 0.3 is 0 Å². The van der Waals surface area contributed by atoms with Crippen molar-refractivity contribution < 1.29 is 14.7 Å². The van der Waals surface area contributed by atoms with Crippen LogP contribution in [0.15, 0.2) is 41.8 Å². The van der Waals surface area contributed by atoms with E-state index in [0.717, 1.165) is 0 Å². The van der Waals surface area contributed by atoms with Crippen molar-refractivity contribution in [2.45, 2.75) is 6.10 Å². The number of rotatable bonds is 5. The Morgan fingerprint density at radius 1 is 1.27 bits per heavy atom. The van der Waals surface area contributed by atoms with Gasteiger partial charge < -0.3 is 20.6 Å². The van der Waals surface area contributed by atoms with Gasteiger partial charge in [-0.05, 0) is 23.6 Å². The van der Waals surface area contributed by atoms with Crippen LogP contribution in [0.5, 0.6) is 0 Å². The van der Waals surface area contributed by atoms with E-state index in [2.05, 4.69) is 10.6 Å². The lowest BCUT2D eigenvalue weighted by atomic mass is 10.1. The number of hydrogen-bond donors (Lipinski definition) is 3. The van der Waals surface area contributed by atoms with Crippen LogP contribution < -0.4 is 15.5 Å². The maximum atomic E-state index is 12.6. The van der Waals surface area contributed by atoms with Crippen LogP contribution >= 0.6 is 23.7 Å². The molecule has 2 unspecified atom stereocenters. The SMILES string of the molecule is CN(C(=O)c1cccs1)c1ccccc1C(=O)NCC1CNCC1O.Cl. The first-order valence-electron chi connectivity index (χ1n) is 8.15. The fourth-order valence-corrected chi connectivity index (χ4v) is 3.58. The van der Waals surface area contributed by atoms with Crippen LogP contribution in [-0.4, -0.2) is 49.7 Å². The van der Waals surface area contributed by atoms with E-state index in [1.807, 2.05) is 11.4 Å². The lowest BCUT2D eigenvalue weighted by molar-refractivity contribution is 0.0927. The number of thiophene rings is 1. The Bertz CT molecular complexity index is 754. The first kappa shape index (κ1) is 20.4. The van der Waals surface area contributed by atoms with Gasteiger partial charge in [-0.2, -0.15) is 0 Å². The molecule has 8 heteroatoms. The highest BCUT2D eigenvalue weighted by Crippen LogP contribution is 2.22. The van der Waals surface area contributed by atoms with Crippen molar-refractivity contribution in [2.75, 3.05) is 31.6 Å². The molecule has 1 saturated heterocycles. The molecule has 0 saturated carbocycles. The largest absolute Gasteiger partial charge is 0.391 e. The van der Waals surface area contributed by atoms with Crippen molar-refractivity contribution in [1.82, 2.24) is 10.6 Å². The maximum Gasteiger partial charge on any atom is 0.268 e. The molecule has 1 aliphatic heterocycles. The Kier molecular flexibility index (Phi) is 7.16. The highest BCUT2D eigenvalue weighted by Gasteiger charge is 2.26. The lowest BCUT2D eigenvalue weighted by Crippen LogP contribution is -2.35. The van der Waals surface area contributed by atoms with Gasteiger partial charge in [0, 0.05) is 32.6 Å². The predicted octanol–water partition coefficient (Wildman–Crippen LogP) is 1.76. The number of benzene rings is 1. The molecular weight excluding hydrogens is 374 g/mol. The van der Waals surface area contributed by atoms with Crippen molar-refractivity contribution in [3.63, 3.8) is 0 Å². The first-order valence-corrected chi connectivity index (χ1v) is 9.03. The molecule has 1 aliphatic rings. The Morgan fingerprint density at radius 2 is 2.04 bits per heavy atom. The van der Waals surface area contributed by atoms with Gasteiger partial charge in [0.1, 0.15) is 0 Å². The number of aliphatic hydroxyl groups excluding tert-OH is 1. The molecular formula is C18H22ClN3O3S. The minimum atomic E-state index is -0.446. The summed E-state index contributed by atoms with van der Waals surface area (Å²) in [4.78, 5) is 27.3. The summed E-state index contributed by atoms with van der Waals surface area (Å²) in [6.45, 7) is 1.62. The zero-order valence-electron chi connectivity index (χ0n) is 14.3. The van der Waals surface area contributed by atoms with Crippen molar-refractivity contribution in [1.29, 1.82) is 0 Å². The number of carbonyl (C=O) groups is 2. The summed E-state index contributed by atoms with van der Waals surface area (Å²) in [6.07, 6.45) is -0.446. The van der Waals surface area contributed by atoms with E-state index in [9.17, 15) is 14.7 Å². The number of hydrogen-bond acceptors (Lipinski definition) is 5. The number of β-amino-alcohol motifs (C(OH)–C–C–N with tert-alkyl or cyclic N) is 1. The van der Waals surface area contributed by atoms with Crippen LogP contribution in [0.25, 0.3) is 0 Å². The van der Waals surface area contributed by atoms with Crippen molar-refractivity contribution in [3.8, 4) is 0 Å². The van der Waals surface area contributed by atoms with E-state index in [1.165, 1.54) is 16.2 Å². The van der Waals surface area contributed by atoms with E-state index < -0.39 is 6.10 Å². The van der Waals surface area contributed by atoms with E-state index in [0.29, 0.717) is 35.8 Å². The Morgan fingerprint density at radius 3 is 2.69 bits per heavy atom. The van der Waals surface area contributed by atoms with Crippen molar-refractivity contribution in [3.05, 3.63) is 52.2 Å². The second kappa shape index (κ2) is 9.14. The Hall–Kier alpha value is -1.93. The molecule has 2 amide bonds. The minimum Gasteiger partial charge on any atom is -0.391 e. The standard InChI is InChI=1S/C18H21N3O3S.ClH/c1-21(18(24)16-7-4-8-25-16)14-6-3-2-5-13(14)17(23)20-10-12-9-19-11-15(12)22;/h2-8,12,15,19,22H,9-11H2,1H3,(H,20,23);1H. The zero-order chi connectivity index (χ0) is 17.8. The normalized spacial score (nSPS) is 18.8. The molecule has 2 heterocycles. The highest BCUT2D eigenvalue weighted by molar-refractivity contribution is 7.12. The minimum absolute atomic E-state index is 0. The molecule has 0 spiro atoms. The number of halogens is 1. The number of para-hydroxylation sites is 1. The summed E-state index contributed by atoms with van der Waals surface area (Å²) >= 11 is 1.37. The molecule has 6 nitrogen and oxygen atoms in total. The van der Waals surface area contributed by atoms with Gasteiger partial charge in [-0.3, -0.25) is 9.59 Å². The summed E-state index contributed by atoms with van der Waals surface area (Å²) in [5.74, 6) is -0.396. The summed E-state index contributed by atoms with van der Waals surface area (Å²) in [7, 11) is 1.67. The average molecular weight is 396 g/mol. The number of nitrogens with one attached hydrogen (secondary N) is 2. The summed E-state index contributed by atoms with van der Waals surface area (Å²) in [5, 5.41) is 17.6. The van der Waals surface area contributed by atoms with Gasteiger partial charge in [0.2, 0.25) is 0 Å². The fraction of sp³-hybridized carbons (Fsp3) is 0.333. The van der Waals surface area contributed by atoms with Gasteiger partial charge in [0.25, 0.3) is 11.8 Å². The molecule has 140 valence electrons. The van der Waals surface area contributed by atoms with E-state index in [1.54, 1.807) is 37.4 Å². The monoisotopic (exact) mass is 395 g/mol. The third-order valence-corrected chi connectivity index (χ3v) is 5.23. The molecule has 3 N–H and O–H groups in total. The molecule has 2 atom stereocenters. The second-order valence-corrected chi connectivity index (χ2v) is 7.00. The Balaban J connectivity index is 0.00000243. The van der Waals surface area contributed by atoms with E-state index in [-0.39, 0.29) is 30.1 Å². The van der Waals surface area contributed by atoms with Crippen LogP contribution in [0, 0.1) is 5.92 Å². The van der Waals surface area contributed by atoms with Crippen LogP contribution in [0.3, 0.4) is 0 Å². The lowest BCUT2D eigenvalue weighted by Gasteiger charge is -2.20. The first-order chi connectivity index (χ1) is 12.1. The summed E-state index contributed by atoms with van der Waals surface area (Å²) < 4.78 is 0. The number of aliphatic hydroxyl groups is 1. The molecule has 26 heavy (non-hydrogen) atoms. The van der Waals surface area contributed by atoms with Crippen LogP contribution in [0.4, 0.5) is 5.69 Å². The van der Waals surface area contributed by atoms with Gasteiger partial charge in [-0.25, -0.2) is 0 Å². The summed E-state index contributed by atoms with van der Waals surface area (Å²) in [6, 6.07) is 10.6. The number of carbonyl (C=O) groups excluding carboxylic acids is 2. The number of anilines is 1. The third kappa shape index (κ3) is 4.42. The van der Waals surface area contributed by atoms with Gasteiger partial charge in [-0.1, -0.05) is 18.2 Å². The predicted molar refractivity (Wildman–Crippen MR) is 105 cm³/mol. The van der Waals surface area contributed by atoms with Crippen LogP contribution in [-0.2, 0) is 0 Å². The Labute approximate surface area is 162 Å². The third-order valence-electron chi connectivity index (χ3n) is 4.38. The molecule has 0 radical (unpaired) electrons. The topological polar surface area (TPSA) is 81.7 Å². The van der Waals surface area contributed by atoms with E-state index in [4.69, 9.17) is 0 Å². The average Bonchev–Trinajstić information content (AvgIpc) is 3.30. The molecule has 0 bridgehead atoms. The van der Waals surface area contributed by atoms with Crippen molar-refractivity contribution in [2.24, 2.45) is 5.92 Å². The van der Waals surface area contributed by atoms with Crippen LogP contribution in [0.2, 0.25) is 0 Å². The molecule has 1 aromatic heterocycles. The second-order valence-electron chi connectivity index (χ2n) is 6.05. The number of nitrogens with zero attached hydrogens (tertiary/aromatic N) is 1. The van der Waals surface area contributed by atoms with Gasteiger partial charge in [0.15, 0.2) is 0 Å². The number of amides is 2.